The molecular weight excluding hydrogens is 258 g/mol. The zero-order valence-corrected chi connectivity index (χ0v) is 10.9. The van der Waals surface area contributed by atoms with E-state index in [2.05, 4.69) is 35.5 Å². The topological polar surface area (TPSA) is 101 Å². The fourth-order valence-corrected chi connectivity index (χ4v) is 2.10. The monoisotopic (exact) mass is 271 g/mol. The van der Waals surface area contributed by atoms with Crippen LogP contribution in [0, 0.1) is 6.92 Å². The molecule has 8 heteroatoms. The Hall–Kier alpha value is -2.77. The minimum Gasteiger partial charge on any atom is -0.347 e. The number of carbonyl (C=O) groups is 1. The summed E-state index contributed by atoms with van der Waals surface area (Å²) in [6.45, 7) is 3.05. The van der Waals surface area contributed by atoms with Crippen LogP contribution in [0.3, 0.4) is 0 Å². The first-order valence-electron chi connectivity index (χ1n) is 6.19. The second kappa shape index (κ2) is 5.08. The van der Waals surface area contributed by atoms with Crippen molar-refractivity contribution >= 4 is 16.9 Å². The van der Waals surface area contributed by atoms with Gasteiger partial charge in [-0.25, -0.2) is 4.98 Å². The van der Waals surface area contributed by atoms with E-state index >= 15 is 0 Å². The number of tetrazole rings is 1. The fourth-order valence-electron chi connectivity index (χ4n) is 2.10. The lowest BCUT2D eigenvalue weighted by molar-refractivity contribution is 0.0942. The summed E-state index contributed by atoms with van der Waals surface area (Å²) in [5.41, 5.74) is 2.01. The van der Waals surface area contributed by atoms with Crippen LogP contribution in [0.1, 0.15) is 16.4 Å². The smallest absolute Gasteiger partial charge is 0.292 e. The Morgan fingerprint density at radius 1 is 1.40 bits per heavy atom. The summed E-state index contributed by atoms with van der Waals surface area (Å²) in [6.07, 6.45) is 0. The number of fused-ring (bicyclic) bond motifs is 1. The van der Waals surface area contributed by atoms with Crippen LogP contribution < -0.4 is 5.32 Å². The van der Waals surface area contributed by atoms with Crippen LogP contribution >= 0.6 is 0 Å². The van der Waals surface area contributed by atoms with E-state index in [0.29, 0.717) is 13.1 Å². The van der Waals surface area contributed by atoms with Crippen LogP contribution in [0.25, 0.3) is 11.0 Å². The van der Waals surface area contributed by atoms with Crippen molar-refractivity contribution in [1.82, 2.24) is 35.5 Å². The largest absolute Gasteiger partial charge is 0.347 e. The number of hydrogen-bond acceptors (Lipinski definition) is 5. The maximum atomic E-state index is 11.7. The maximum Gasteiger partial charge on any atom is 0.292 e. The SMILES string of the molecule is Cc1nc2ccccc2n1CCNC(=O)c1nn[nH]n1. The second-order valence-electron chi connectivity index (χ2n) is 4.29. The van der Waals surface area contributed by atoms with Crippen molar-refractivity contribution in [2.45, 2.75) is 13.5 Å². The van der Waals surface area contributed by atoms with Gasteiger partial charge in [0, 0.05) is 13.1 Å². The number of nitrogens with zero attached hydrogens (tertiary/aromatic N) is 5. The minimum atomic E-state index is -0.346. The number of imidazole rings is 1. The number of aromatic amines is 1. The summed E-state index contributed by atoms with van der Waals surface area (Å²) < 4.78 is 2.06. The zero-order valence-electron chi connectivity index (χ0n) is 10.9. The highest BCUT2D eigenvalue weighted by Gasteiger charge is 2.10. The molecule has 0 radical (unpaired) electrons. The summed E-state index contributed by atoms with van der Waals surface area (Å²) in [4.78, 5) is 16.1. The number of para-hydroxylation sites is 2. The molecule has 1 aromatic carbocycles. The van der Waals surface area contributed by atoms with Gasteiger partial charge in [-0.15, -0.1) is 10.2 Å². The number of nitrogens with one attached hydrogen (secondary N) is 2. The van der Waals surface area contributed by atoms with Gasteiger partial charge in [-0.3, -0.25) is 4.79 Å². The van der Waals surface area contributed by atoms with Crippen LogP contribution in [0.2, 0.25) is 0 Å². The lowest BCUT2D eigenvalue weighted by atomic mass is 10.3. The molecule has 102 valence electrons. The Morgan fingerprint density at radius 2 is 2.25 bits per heavy atom. The molecule has 3 rings (SSSR count). The van der Waals surface area contributed by atoms with E-state index in [4.69, 9.17) is 0 Å². The van der Waals surface area contributed by atoms with Gasteiger partial charge in [0.15, 0.2) is 0 Å². The number of H-pyrrole nitrogens is 1. The van der Waals surface area contributed by atoms with E-state index in [9.17, 15) is 4.79 Å². The van der Waals surface area contributed by atoms with E-state index in [-0.39, 0.29) is 11.7 Å². The third-order valence-electron chi connectivity index (χ3n) is 3.01. The molecule has 2 heterocycles. The Labute approximate surface area is 114 Å². The predicted molar refractivity (Wildman–Crippen MR) is 71.0 cm³/mol. The average molecular weight is 271 g/mol. The van der Waals surface area contributed by atoms with Crippen molar-refractivity contribution in [2.24, 2.45) is 0 Å². The molecule has 2 N–H and O–H groups in total. The van der Waals surface area contributed by atoms with Gasteiger partial charge < -0.3 is 9.88 Å². The van der Waals surface area contributed by atoms with E-state index in [1.54, 1.807) is 0 Å². The van der Waals surface area contributed by atoms with Gasteiger partial charge in [-0.1, -0.05) is 12.1 Å². The average Bonchev–Trinajstić information content (AvgIpc) is 3.07. The van der Waals surface area contributed by atoms with Crippen molar-refractivity contribution in [3.63, 3.8) is 0 Å². The van der Waals surface area contributed by atoms with Crippen LogP contribution in [0.5, 0.6) is 0 Å². The van der Waals surface area contributed by atoms with Gasteiger partial charge in [0.25, 0.3) is 11.7 Å². The molecule has 0 aliphatic rings. The summed E-state index contributed by atoms with van der Waals surface area (Å²) in [6, 6.07) is 7.90. The molecule has 0 spiro atoms. The molecule has 1 amide bonds. The van der Waals surface area contributed by atoms with Crippen LogP contribution in [0.4, 0.5) is 0 Å². The first-order valence-corrected chi connectivity index (χ1v) is 6.19. The van der Waals surface area contributed by atoms with Crippen molar-refractivity contribution in [1.29, 1.82) is 0 Å². The molecule has 0 saturated heterocycles. The number of amides is 1. The van der Waals surface area contributed by atoms with Gasteiger partial charge in [0.1, 0.15) is 5.82 Å². The molecule has 0 atom stereocenters. The van der Waals surface area contributed by atoms with E-state index in [1.165, 1.54) is 0 Å². The molecule has 0 fully saturated rings. The molecule has 2 aromatic heterocycles. The highest BCUT2D eigenvalue weighted by atomic mass is 16.2. The minimum absolute atomic E-state index is 0.0391. The number of rotatable bonds is 4. The summed E-state index contributed by atoms with van der Waals surface area (Å²) in [7, 11) is 0. The Bertz CT molecular complexity index is 731. The maximum absolute atomic E-state index is 11.7. The fraction of sp³-hybridized carbons (Fsp3) is 0.250. The van der Waals surface area contributed by atoms with Gasteiger partial charge in [-0.2, -0.15) is 5.21 Å². The molecule has 0 unspecified atom stereocenters. The molecular formula is C12H13N7O. The van der Waals surface area contributed by atoms with Gasteiger partial charge >= 0.3 is 0 Å². The Kier molecular flexibility index (Phi) is 3.12. The molecule has 0 aliphatic carbocycles. The third kappa shape index (κ3) is 2.22. The highest BCUT2D eigenvalue weighted by molar-refractivity contribution is 5.90. The van der Waals surface area contributed by atoms with Crippen molar-refractivity contribution in [3.8, 4) is 0 Å². The van der Waals surface area contributed by atoms with Crippen LogP contribution in [0.15, 0.2) is 24.3 Å². The third-order valence-corrected chi connectivity index (χ3v) is 3.01. The zero-order chi connectivity index (χ0) is 13.9. The number of carbonyl (C=O) groups excluding carboxylic acids is 1. The van der Waals surface area contributed by atoms with Crippen molar-refractivity contribution in [2.75, 3.05) is 6.54 Å². The summed E-state index contributed by atoms with van der Waals surface area (Å²) >= 11 is 0. The molecule has 0 saturated carbocycles. The van der Waals surface area contributed by atoms with E-state index in [0.717, 1.165) is 16.9 Å². The van der Waals surface area contributed by atoms with Crippen LogP contribution in [-0.4, -0.2) is 42.6 Å². The number of hydrogen-bond donors (Lipinski definition) is 2. The second-order valence-corrected chi connectivity index (χ2v) is 4.29. The van der Waals surface area contributed by atoms with Gasteiger partial charge in [-0.05, 0) is 24.3 Å². The number of benzene rings is 1. The lowest BCUT2D eigenvalue weighted by Crippen LogP contribution is -2.28. The molecule has 3 aromatic rings. The Morgan fingerprint density at radius 3 is 3.05 bits per heavy atom. The van der Waals surface area contributed by atoms with Gasteiger partial charge in [0.05, 0.1) is 11.0 Å². The molecule has 8 nitrogen and oxygen atoms in total. The molecule has 0 aliphatic heterocycles. The highest BCUT2D eigenvalue weighted by Crippen LogP contribution is 2.14. The van der Waals surface area contributed by atoms with Gasteiger partial charge in [0.2, 0.25) is 0 Å². The first kappa shape index (κ1) is 12.3. The number of aryl methyl sites for hydroxylation is 1. The standard InChI is InChI=1S/C12H13N7O/c1-8-14-9-4-2-3-5-10(9)19(8)7-6-13-12(20)11-15-17-18-16-11/h2-5H,6-7H2,1H3,(H,13,20)(H,15,16,17,18). The summed E-state index contributed by atoms with van der Waals surface area (Å²) in [5.74, 6) is 0.609. The van der Waals surface area contributed by atoms with E-state index < -0.39 is 0 Å². The van der Waals surface area contributed by atoms with Crippen molar-refractivity contribution in [3.05, 3.63) is 35.9 Å². The lowest BCUT2D eigenvalue weighted by Gasteiger charge is -2.07. The summed E-state index contributed by atoms with van der Waals surface area (Å²) in [5, 5.41) is 15.6. The Balaban J connectivity index is 1.68. The molecule has 20 heavy (non-hydrogen) atoms. The van der Waals surface area contributed by atoms with E-state index in [1.807, 2.05) is 31.2 Å². The predicted octanol–water partition coefficient (Wildman–Crippen LogP) is 0.288. The first-order chi connectivity index (χ1) is 9.75. The quantitative estimate of drug-likeness (QED) is 0.710. The molecule has 0 bridgehead atoms. The normalized spacial score (nSPS) is 10.8. The van der Waals surface area contributed by atoms with Crippen molar-refractivity contribution < 1.29 is 4.79 Å². The number of aromatic nitrogens is 6. The van der Waals surface area contributed by atoms with Crippen LogP contribution in [-0.2, 0) is 6.54 Å².